The van der Waals surface area contributed by atoms with Crippen LogP contribution in [0.15, 0.2) is 18.5 Å². The summed E-state index contributed by atoms with van der Waals surface area (Å²) in [5.74, 6) is 0. The number of aryl methyl sites for hydroxylation is 2. The van der Waals surface area contributed by atoms with Crippen LogP contribution in [0, 0.1) is 0 Å². The van der Waals surface area contributed by atoms with Gasteiger partial charge in [-0.3, -0.25) is 0 Å². The van der Waals surface area contributed by atoms with Gasteiger partial charge in [0, 0.05) is 6.07 Å². The van der Waals surface area contributed by atoms with Gasteiger partial charge in [-0.15, -0.1) is 4.68 Å². The van der Waals surface area contributed by atoms with Gasteiger partial charge in [-0.25, -0.2) is 0 Å². The van der Waals surface area contributed by atoms with Crippen molar-refractivity contribution in [3.8, 4) is 0 Å². The average Bonchev–Trinajstić information content (AvgIpc) is 2.14. The molecule has 0 atom stereocenters. The zero-order chi connectivity index (χ0) is 5.98. The Hall–Kier alpha value is -0.790. The second kappa shape index (κ2) is 1.99. The van der Waals surface area contributed by atoms with Crippen LogP contribution >= 0.6 is 0 Å². The molecule has 0 amide bonds. The Morgan fingerprint density at radius 3 is 2.62 bits per heavy atom. The number of nitrogens with zero attached hydrogens (tertiary/aromatic N) is 2. The van der Waals surface area contributed by atoms with Gasteiger partial charge in [-0.2, -0.15) is 4.68 Å². The molecule has 0 bridgehead atoms. The fourth-order valence-electron chi connectivity index (χ4n) is 0.782. The topological polar surface area (TPSA) is 8.81 Å². The summed E-state index contributed by atoms with van der Waals surface area (Å²) in [7, 11) is 2.03. The Balaban J connectivity index is 2.92. The highest BCUT2D eigenvalue weighted by Crippen LogP contribution is 1.74. The van der Waals surface area contributed by atoms with E-state index in [2.05, 4.69) is 22.5 Å². The number of aromatic nitrogens is 2. The lowest BCUT2D eigenvalue weighted by molar-refractivity contribution is -0.770. The van der Waals surface area contributed by atoms with Crippen molar-refractivity contribution in [1.82, 2.24) is 4.68 Å². The van der Waals surface area contributed by atoms with Crippen molar-refractivity contribution in [1.29, 1.82) is 0 Å². The lowest BCUT2D eigenvalue weighted by atomic mass is 10.7. The minimum atomic E-state index is 1.05. The van der Waals surface area contributed by atoms with Crippen LogP contribution in [0.4, 0.5) is 0 Å². The highest BCUT2D eigenvalue weighted by molar-refractivity contribution is 4.69. The normalized spacial score (nSPS) is 9.75. The van der Waals surface area contributed by atoms with Crippen LogP contribution in [-0.4, -0.2) is 4.68 Å². The zero-order valence-corrected chi connectivity index (χ0v) is 5.33. The van der Waals surface area contributed by atoms with Crippen LogP contribution in [0.3, 0.4) is 0 Å². The van der Waals surface area contributed by atoms with Crippen molar-refractivity contribution in [3.63, 3.8) is 0 Å². The fourth-order valence-corrected chi connectivity index (χ4v) is 0.782. The molecule has 0 aromatic carbocycles. The third-order valence-electron chi connectivity index (χ3n) is 1.29. The summed E-state index contributed by atoms with van der Waals surface area (Å²) in [6.45, 7) is 3.17. The Bertz CT molecular complexity index is 167. The van der Waals surface area contributed by atoms with Gasteiger partial charge >= 0.3 is 0 Å². The molecule has 0 radical (unpaired) electrons. The van der Waals surface area contributed by atoms with E-state index in [0.29, 0.717) is 0 Å². The highest BCUT2D eigenvalue weighted by Gasteiger charge is 1.95. The van der Waals surface area contributed by atoms with Crippen molar-refractivity contribution < 1.29 is 4.68 Å². The molecule has 1 aromatic heterocycles. The van der Waals surface area contributed by atoms with Gasteiger partial charge in [0.2, 0.25) is 0 Å². The largest absolute Gasteiger partial charge is 0.195 e. The summed E-state index contributed by atoms with van der Waals surface area (Å²) in [5.41, 5.74) is 0. The van der Waals surface area contributed by atoms with Crippen LogP contribution in [0.25, 0.3) is 0 Å². The molecule has 0 aliphatic heterocycles. The SMILES string of the molecule is CC[n+]1cccn1C. The van der Waals surface area contributed by atoms with E-state index in [9.17, 15) is 0 Å². The van der Waals surface area contributed by atoms with E-state index in [1.165, 1.54) is 0 Å². The molecular weight excluding hydrogens is 100 g/mol. The van der Waals surface area contributed by atoms with Crippen LogP contribution in [0.5, 0.6) is 0 Å². The first kappa shape index (κ1) is 5.35. The van der Waals surface area contributed by atoms with Gasteiger partial charge < -0.3 is 0 Å². The van der Waals surface area contributed by atoms with Crippen molar-refractivity contribution in [2.75, 3.05) is 0 Å². The average molecular weight is 111 g/mol. The Labute approximate surface area is 49.3 Å². The number of rotatable bonds is 1. The second-order valence-electron chi connectivity index (χ2n) is 1.82. The van der Waals surface area contributed by atoms with Crippen LogP contribution in [-0.2, 0) is 13.6 Å². The molecule has 1 rings (SSSR count). The third-order valence-corrected chi connectivity index (χ3v) is 1.29. The van der Waals surface area contributed by atoms with Crippen LogP contribution < -0.4 is 4.68 Å². The molecule has 0 N–H and O–H groups in total. The Kier molecular flexibility index (Phi) is 1.33. The quantitative estimate of drug-likeness (QED) is 0.462. The summed E-state index contributed by atoms with van der Waals surface area (Å²) in [4.78, 5) is 0. The van der Waals surface area contributed by atoms with E-state index in [-0.39, 0.29) is 0 Å². The molecule has 44 valence electrons. The monoisotopic (exact) mass is 111 g/mol. The molecule has 0 saturated heterocycles. The summed E-state index contributed by atoms with van der Waals surface area (Å²) in [6, 6.07) is 2.03. The zero-order valence-electron chi connectivity index (χ0n) is 5.33. The summed E-state index contributed by atoms with van der Waals surface area (Å²) in [6.07, 6.45) is 4.09. The summed E-state index contributed by atoms with van der Waals surface area (Å²) >= 11 is 0. The van der Waals surface area contributed by atoms with Gasteiger partial charge in [-0.1, -0.05) is 0 Å². The smallest absolute Gasteiger partial charge is 0.164 e. The van der Waals surface area contributed by atoms with Gasteiger partial charge in [-0.05, 0) is 6.92 Å². The molecule has 1 aromatic rings. The van der Waals surface area contributed by atoms with E-state index >= 15 is 0 Å². The Morgan fingerprint density at radius 2 is 2.38 bits per heavy atom. The summed E-state index contributed by atoms with van der Waals surface area (Å²) in [5, 5.41) is 0. The van der Waals surface area contributed by atoms with E-state index in [1.54, 1.807) is 0 Å². The van der Waals surface area contributed by atoms with Gasteiger partial charge in [0.1, 0.15) is 0 Å². The summed E-state index contributed by atoms with van der Waals surface area (Å²) < 4.78 is 4.18. The van der Waals surface area contributed by atoms with E-state index in [4.69, 9.17) is 0 Å². The first-order valence-corrected chi connectivity index (χ1v) is 2.85. The third kappa shape index (κ3) is 0.735. The van der Waals surface area contributed by atoms with Crippen molar-refractivity contribution in [2.24, 2.45) is 7.05 Å². The molecule has 0 fully saturated rings. The molecule has 2 heteroatoms. The standard InChI is InChI=1S/C6H11N2/c1-3-8-6-4-5-7(8)2/h4-6H,3H2,1-2H3/q+1. The second-order valence-corrected chi connectivity index (χ2v) is 1.82. The fraction of sp³-hybridized carbons (Fsp3) is 0.500. The first-order chi connectivity index (χ1) is 3.84. The molecule has 0 aliphatic rings. The number of hydrogen-bond donors (Lipinski definition) is 0. The molecular formula is C6H11N2+. The molecule has 0 aliphatic carbocycles. The van der Waals surface area contributed by atoms with Gasteiger partial charge in [0.05, 0.1) is 13.2 Å². The molecule has 1 heterocycles. The van der Waals surface area contributed by atoms with Crippen molar-refractivity contribution >= 4 is 0 Å². The maximum Gasteiger partial charge on any atom is 0.195 e. The van der Waals surface area contributed by atoms with E-state index < -0.39 is 0 Å². The number of hydrogen-bond acceptors (Lipinski definition) is 0. The van der Waals surface area contributed by atoms with E-state index in [1.807, 2.05) is 19.3 Å². The highest BCUT2D eigenvalue weighted by atomic mass is 15.4. The molecule has 8 heavy (non-hydrogen) atoms. The minimum absolute atomic E-state index is 1.05. The molecule has 0 spiro atoms. The predicted molar refractivity (Wildman–Crippen MR) is 31.3 cm³/mol. The first-order valence-electron chi connectivity index (χ1n) is 2.85. The molecule has 0 saturated carbocycles. The lowest BCUT2D eigenvalue weighted by Crippen LogP contribution is -2.39. The van der Waals surface area contributed by atoms with Crippen molar-refractivity contribution in [2.45, 2.75) is 13.5 Å². The Morgan fingerprint density at radius 1 is 1.62 bits per heavy atom. The van der Waals surface area contributed by atoms with Crippen LogP contribution in [0.1, 0.15) is 6.92 Å². The van der Waals surface area contributed by atoms with Gasteiger partial charge in [0.15, 0.2) is 12.7 Å². The lowest BCUT2D eigenvalue weighted by Gasteiger charge is -1.88. The van der Waals surface area contributed by atoms with Crippen LogP contribution in [0.2, 0.25) is 0 Å². The van der Waals surface area contributed by atoms with E-state index in [0.717, 1.165) is 6.54 Å². The van der Waals surface area contributed by atoms with Gasteiger partial charge in [0.25, 0.3) is 0 Å². The molecule has 2 nitrogen and oxygen atoms in total. The predicted octanol–water partition coefficient (Wildman–Crippen LogP) is 0.333. The van der Waals surface area contributed by atoms with Crippen molar-refractivity contribution in [3.05, 3.63) is 18.5 Å². The maximum atomic E-state index is 2.12. The maximum absolute atomic E-state index is 2.12. The minimum Gasteiger partial charge on any atom is -0.164 e. The molecule has 0 unspecified atom stereocenters.